The minimum Gasteiger partial charge on any atom is -0.462 e. The molecule has 1 fully saturated rings. The average molecular weight is 437 g/mol. The lowest BCUT2D eigenvalue weighted by Crippen LogP contribution is -2.35. The van der Waals surface area contributed by atoms with Crippen molar-refractivity contribution in [2.24, 2.45) is 17.8 Å². The van der Waals surface area contributed by atoms with Crippen LogP contribution in [-0.4, -0.2) is 23.3 Å². The molecule has 31 heavy (non-hydrogen) atoms. The average Bonchev–Trinajstić information content (AvgIpc) is 2.72. The van der Waals surface area contributed by atoms with Gasteiger partial charge in [-0.1, -0.05) is 91.2 Å². The number of aliphatic hydroxyl groups excluding tert-OH is 1. The van der Waals surface area contributed by atoms with Crippen LogP contribution in [-0.2, 0) is 9.53 Å². The Kier molecular flexibility index (Phi) is 16.1. The molecule has 0 bridgehead atoms. The molecule has 0 radical (unpaired) electrons. The lowest BCUT2D eigenvalue weighted by Gasteiger charge is -2.36. The van der Waals surface area contributed by atoms with Crippen molar-refractivity contribution in [3.05, 3.63) is 12.2 Å². The molecule has 1 rings (SSSR count). The van der Waals surface area contributed by atoms with Gasteiger partial charge in [0.15, 0.2) is 0 Å². The van der Waals surface area contributed by atoms with Gasteiger partial charge in [0.1, 0.15) is 6.10 Å². The Bertz CT molecular complexity index is 471. The Labute approximate surface area is 193 Å². The summed E-state index contributed by atoms with van der Waals surface area (Å²) in [4.78, 5) is 12.3. The van der Waals surface area contributed by atoms with Gasteiger partial charge in [0, 0.05) is 6.42 Å². The van der Waals surface area contributed by atoms with Crippen molar-refractivity contribution < 1.29 is 14.6 Å². The predicted molar refractivity (Wildman–Crippen MR) is 132 cm³/mol. The van der Waals surface area contributed by atoms with Crippen molar-refractivity contribution in [1.82, 2.24) is 0 Å². The maximum atomic E-state index is 12.3. The standard InChI is InChI=1S/C28H52O3/c1-5-6-7-14-17-25(29)18-15-12-10-8-9-11-13-16-19-28(30)31-27-22-24(4)20-21-26(27)23(2)3/h12,15,23-27,29H,5-11,13-14,16-22H2,1-4H3/b15-12-/t24-,25-,26+,27-/m1/s1. The number of rotatable bonds is 17. The van der Waals surface area contributed by atoms with E-state index in [0.717, 1.165) is 44.9 Å². The Morgan fingerprint density at radius 1 is 1.00 bits per heavy atom. The van der Waals surface area contributed by atoms with E-state index in [1.165, 1.54) is 51.4 Å². The second-order valence-corrected chi connectivity index (χ2v) is 10.4. The van der Waals surface area contributed by atoms with Crippen molar-refractivity contribution in [1.29, 1.82) is 0 Å². The van der Waals surface area contributed by atoms with Gasteiger partial charge in [-0.15, -0.1) is 0 Å². The molecule has 3 heteroatoms. The Hall–Kier alpha value is -0.830. The fraction of sp³-hybridized carbons (Fsp3) is 0.893. The van der Waals surface area contributed by atoms with E-state index in [4.69, 9.17) is 4.74 Å². The summed E-state index contributed by atoms with van der Waals surface area (Å²) in [6, 6.07) is 0. The van der Waals surface area contributed by atoms with Crippen molar-refractivity contribution in [3.8, 4) is 0 Å². The highest BCUT2D eigenvalue weighted by Gasteiger charge is 2.33. The number of hydrogen-bond acceptors (Lipinski definition) is 3. The van der Waals surface area contributed by atoms with Gasteiger partial charge in [-0.25, -0.2) is 0 Å². The largest absolute Gasteiger partial charge is 0.462 e. The third-order valence-electron chi connectivity index (χ3n) is 6.96. The molecule has 1 aliphatic carbocycles. The molecule has 1 N–H and O–H groups in total. The minimum atomic E-state index is -0.166. The van der Waals surface area contributed by atoms with Crippen molar-refractivity contribution in [2.75, 3.05) is 0 Å². The minimum absolute atomic E-state index is 0.0148. The molecule has 0 aromatic rings. The molecular formula is C28H52O3. The van der Waals surface area contributed by atoms with Gasteiger partial charge in [-0.3, -0.25) is 4.79 Å². The second kappa shape index (κ2) is 17.7. The Morgan fingerprint density at radius 2 is 1.71 bits per heavy atom. The van der Waals surface area contributed by atoms with E-state index in [9.17, 15) is 9.90 Å². The first kappa shape index (κ1) is 28.2. The van der Waals surface area contributed by atoms with Crippen molar-refractivity contribution >= 4 is 5.97 Å². The number of allylic oxidation sites excluding steroid dienone is 1. The van der Waals surface area contributed by atoms with Crippen LogP contribution in [0.3, 0.4) is 0 Å². The summed E-state index contributed by atoms with van der Waals surface area (Å²) in [5, 5.41) is 9.96. The number of ether oxygens (including phenoxy) is 1. The molecule has 1 saturated carbocycles. The summed E-state index contributed by atoms with van der Waals surface area (Å²) in [6.45, 7) is 9.01. The van der Waals surface area contributed by atoms with Crippen LogP contribution in [0.1, 0.15) is 130 Å². The third kappa shape index (κ3) is 14.0. The maximum Gasteiger partial charge on any atom is 0.306 e. The molecule has 3 nitrogen and oxygen atoms in total. The number of unbranched alkanes of at least 4 members (excludes halogenated alkanes) is 8. The summed E-state index contributed by atoms with van der Waals surface area (Å²) in [5.41, 5.74) is 0. The van der Waals surface area contributed by atoms with Gasteiger partial charge in [-0.2, -0.15) is 0 Å². The molecular weight excluding hydrogens is 384 g/mol. The molecule has 0 aromatic heterocycles. The summed E-state index contributed by atoms with van der Waals surface area (Å²) < 4.78 is 5.89. The molecule has 182 valence electrons. The van der Waals surface area contributed by atoms with E-state index in [1.54, 1.807) is 0 Å². The van der Waals surface area contributed by atoms with Gasteiger partial charge < -0.3 is 9.84 Å². The Balaban J connectivity index is 2.00. The van der Waals surface area contributed by atoms with Gasteiger partial charge >= 0.3 is 5.97 Å². The van der Waals surface area contributed by atoms with Crippen LogP contribution in [0.5, 0.6) is 0 Å². The van der Waals surface area contributed by atoms with E-state index >= 15 is 0 Å². The molecule has 4 atom stereocenters. The number of carbonyl (C=O) groups excluding carboxylic acids is 1. The van der Waals surface area contributed by atoms with E-state index in [1.807, 2.05) is 0 Å². The molecule has 0 unspecified atom stereocenters. The predicted octanol–water partition coefficient (Wildman–Crippen LogP) is 8.00. The van der Waals surface area contributed by atoms with Crippen LogP contribution in [0.2, 0.25) is 0 Å². The number of aliphatic hydroxyl groups is 1. The lowest BCUT2D eigenvalue weighted by atomic mass is 9.75. The fourth-order valence-corrected chi connectivity index (χ4v) is 4.84. The quantitative estimate of drug-likeness (QED) is 0.143. The third-order valence-corrected chi connectivity index (χ3v) is 6.96. The van der Waals surface area contributed by atoms with Crippen LogP contribution in [0.25, 0.3) is 0 Å². The lowest BCUT2D eigenvalue weighted by molar-refractivity contribution is -0.156. The second-order valence-electron chi connectivity index (χ2n) is 10.4. The topological polar surface area (TPSA) is 46.5 Å². The highest BCUT2D eigenvalue weighted by Crippen LogP contribution is 2.35. The van der Waals surface area contributed by atoms with Crippen LogP contribution < -0.4 is 0 Å². The van der Waals surface area contributed by atoms with Crippen LogP contribution in [0.4, 0.5) is 0 Å². The Morgan fingerprint density at radius 3 is 2.45 bits per heavy atom. The van der Waals surface area contributed by atoms with Gasteiger partial charge in [0.05, 0.1) is 6.10 Å². The van der Waals surface area contributed by atoms with Gasteiger partial charge in [0.2, 0.25) is 0 Å². The zero-order valence-corrected chi connectivity index (χ0v) is 21.1. The number of carbonyl (C=O) groups is 1. The first-order chi connectivity index (χ1) is 14.9. The molecule has 1 aliphatic rings. The first-order valence-electron chi connectivity index (χ1n) is 13.5. The van der Waals surface area contributed by atoms with Crippen LogP contribution >= 0.6 is 0 Å². The maximum absolute atomic E-state index is 12.3. The monoisotopic (exact) mass is 436 g/mol. The van der Waals surface area contributed by atoms with Crippen molar-refractivity contribution in [3.63, 3.8) is 0 Å². The van der Waals surface area contributed by atoms with Crippen LogP contribution in [0.15, 0.2) is 12.2 Å². The van der Waals surface area contributed by atoms with Crippen molar-refractivity contribution in [2.45, 2.75) is 143 Å². The molecule has 0 aliphatic heterocycles. The SMILES string of the molecule is CCCCCC[C@@H](O)C/C=C\CCCCCCCC(=O)O[C@@H]1C[C@H](C)CC[C@H]1C(C)C. The van der Waals surface area contributed by atoms with E-state index in [0.29, 0.717) is 24.2 Å². The van der Waals surface area contributed by atoms with E-state index < -0.39 is 0 Å². The molecule has 0 spiro atoms. The summed E-state index contributed by atoms with van der Waals surface area (Å²) in [6.07, 6.45) is 21.8. The molecule has 0 aromatic carbocycles. The van der Waals surface area contributed by atoms with Crippen LogP contribution in [0, 0.1) is 17.8 Å². The van der Waals surface area contributed by atoms with E-state index in [2.05, 4.69) is 39.8 Å². The van der Waals surface area contributed by atoms with Gasteiger partial charge in [0.25, 0.3) is 0 Å². The summed E-state index contributed by atoms with van der Waals surface area (Å²) in [5.74, 6) is 1.82. The highest BCUT2D eigenvalue weighted by atomic mass is 16.5. The summed E-state index contributed by atoms with van der Waals surface area (Å²) >= 11 is 0. The molecule has 0 amide bonds. The zero-order valence-electron chi connectivity index (χ0n) is 21.1. The number of esters is 1. The molecule has 0 saturated heterocycles. The molecule has 0 heterocycles. The fourth-order valence-electron chi connectivity index (χ4n) is 4.84. The normalized spacial score (nSPS) is 22.8. The zero-order chi connectivity index (χ0) is 22.9. The smallest absolute Gasteiger partial charge is 0.306 e. The van der Waals surface area contributed by atoms with E-state index in [-0.39, 0.29) is 18.2 Å². The summed E-state index contributed by atoms with van der Waals surface area (Å²) in [7, 11) is 0. The van der Waals surface area contributed by atoms with Gasteiger partial charge in [-0.05, 0) is 62.7 Å². The first-order valence-corrected chi connectivity index (χ1v) is 13.5. The highest BCUT2D eigenvalue weighted by molar-refractivity contribution is 5.69. The number of hydrogen-bond donors (Lipinski definition) is 1.